The van der Waals surface area contributed by atoms with Gasteiger partial charge in [0.05, 0.1) is 16.1 Å². The molecule has 3 amide bonds. The fraction of sp³-hybridized carbons (Fsp3) is 0.118. The topological polar surface area (TPSA) is 119 Å². The van der Waals surface area contributed by atoms with E-state index in [-0.39, 0.29) is 22.6 Å². The lowest BCUT2D eigenvalue weighted by atomic mass is 10.1. The lowest BCUT2D eigenvalue weighted by molar-refractivity contribution is -0.385. The minimum absolute atomic E-state index is 0.155. The molecular formula is C17H12FN3O6. The minimum atomic E-state index is -0.758. The highest BCUT2D eigenvalue weighted by Gasteiger charge is 2.32. The van der Waals surface area contributed by atoms with E-state index in [4.69, 9.17) is 4.74 Å². The third kappa shape index (κ3) is 3.45. The van der Waals surface area contributed by atoms with E-state index in [0.29, 0.717) is 0 Å². The van der Waals surface area contributed by atoms with Gasteiger partial charge >= 0.3 is 5.69 Å². The summed E-state index contributed by atoms with van der Waals surface area (Å²) in [4.78, 5) is 46.9. The molecule has 10 heteroatoms. The summed E-state index contributed by atoms with van der Waals surface area (Å²) in [5.41, 5.74) is 0.149. The van der Waals surface area contributed by atoms with Crippen LogP contribution in [0, 0.1) is 15.9 Å². The van der Waals surface area contributed by atoms with Crippen molar-refractivity contribution in [2.45, 2.75) is 0 Å². The first-order valence-corrected chi connectivity index (χ1v) is 7.61. The highest BCUT2D eigenvalue weighted by molar-refractivity contribution is 6.21. The molecule has 1 aliphatic heterocycles. The summed E-state index contributed by atoms with van der Waals surface area (Å²) in [7, 11) is 1.35. The molecule has 2 aromatic carbocycles. The van der Waals surface area contributed by atoms with Gasteiger partial charge in [0.2, 0.25) is 5.75 Å². The number of carbonyl (C=O) groups excluding carboxylic acids is 3. The maximum absolute atomic E-state index is 13.2. The van der Waals surface area contributed by atoms with Gasteiger partial charge in [0.15, 0.2) is 6.61 Å². The molecule has 9 nitrogen and oxygen atoms in total. The van der Waals surface area contributed by atoms with E-state index >= 15 is 0 Å². The van der Waals surface area contributed by atoms with E-state index in [1.54, 1.807) is 0 Å². The van der Waals surface area contributed by atoms with Crippen LogP contribution in [-0.2, 0) is 4.79 Å². The zero-order chi connectivity index (χ0) is 19.7. The van der Waals surface area contributed by atoms with Crippen LogP contribution in [0.15, 0.2) is 36.4 Å². The molecule has 138 valence electrons. The van der Waals surface area contributed by atoms with Gasteiger partial charge in [0, 0.05) is 24.9 Å². The third-order valence-electron chi connectivity index (χ3n) is 3.85. The van der Waals surface area contributed by atoms with Gasteiger partial charge in [-0.15, -0.1) is 0 Å². The number of amides is 3. The molecule has 0 unspecified atom stereocenters. The predicted molar refractivity (Wildman–Crippen MR) is 90.0 cm³/mol. The second-order valence-corrected chi connectivity index (χ2v) is 5.64. The zero-order valence-corrected chi connectivity index (χ0v) is 13.9. The molecule has 0 bridgehead atoms. The fourth-order valence-electron chi connectivity index (χ4n) is 2.53. The van der Waals surface area contributed by atoms with Crippen molar-refractivity contribution < 1.29 is 28.4 Å². The second kappa shape index (κ2) is 6.83. The van der Waals surface area contributed by atoms with E-state index in [9.17, 15) is 28.9 Å². The number of carbonyl (C=O) groups is 3. The first-order chi connectivity index (χ1) is 12.8. The second-order valence-electron chi connectivity index (χ2n) is 5.64. The lowest BCUT2D eigenvalue weighted by Gasteiger charge is -2.08. The number of rotatable bonds is 5. The van der Waals surface area contributed by atoms with Crippen LogP contribution in [-0.4, -0.2) is 41.2 Å². The van der Waals surface area contributed by atoms with Gasteiger partial charge in [-0.25, -0.2) is 4.39 Å². The molecule has 0 radical (unpaired) electrons. The van der Waals surface area contributed by atoms with Gasteiger partial charge < -0.3 is 10.1 Å². The first kappa shape index (κ1) is 18.0. The molecule has 1 aliphatic rings. The van der Waals surface area contributed by atoms with Crippen molar-refractivity contribution in [2.75, 3.05) is 19.0 Å². The Kier molecular flexibility index (Phi) is 4.55. The summed E-state index contributed by atoms with van der Waals surface area (Å²) in [5.74, 6) is -2.74. The van der Waals surface area contributed by atoms with Crippen molar-refractivity contribution >= 4 is 29.1 Å². The molecule has 0 aliphatic carbocycles. The molecule has 0 saturated carbocycles. The summed E-state index contributed by atoms with van der Waals surface area (Å²) in [6, 6.07) is 6.84. The smallest absolute Gasteiger partial charge is 0.311 e. The summed E-state index contributed by atoms with van der Waals surface area (Å²) in [6.07, 6.45) is 0. The number of benzene rings is 2. The number of halogens is 1. The Morgan fingerprint density at radius 1 is 1.19 bits per heavy atom. The van der Waals surface area contributed by atoms with E-state index in [1.807, 2.05) is 0 Å². The highest BCUT2D eigenvalue weighted by Crippen LogP contribution is 2.28. The Morgan fingerprint density at radius 2 is 1.89 bits per heavy atom. The van der Waals surface area contributed by atoms with Crippen molar-refractivity contribution in [3.63, 3.8) is 0 Å². The SMILES string of the molecule is CN1C(=O)c2ccc(NC(=O)COc3cc(F)ccc3[N+](=O)[O-])cc2C1=O. The standard InChI is InChI=1S/C17H12FN3O6/c1-20-16(23)11-4-3-10(7-12(11)17(20)24)19-15(22)8-27-14-6-9(18)2-5-13(14)21(25)26/h2-7H,8H2,1H3,(H,19,22). The summed E-state index contributed by atoms with van der Waals surface area (Å²) >= 11 is 0. The zero-order valence-electron chi connectivity index (χ0n) is 13.9. The quantitative estimate of drug-likeness (QED) is 0.486. The maximum Gasteiger partial charge on any atom is 0.311 e. The van der Waals surface area contributed by atoms with Crippen molar-refractivity contribution in [3.8, 4) is 5.75 Å². The van der Waals surface area contributed by atoms with Crippen LogP contribution in [0.3, 0.4) is 0 Å². The lowest BCUT2D eigenvalue weighted by Crippen LogP contribution is -2.24. The van der Waals surface area contributed by atoms with Crippen LogP contribution < -0.4 is 10.1 Å². The van der Waals surface area contributed by atoms with Crippen LogP contribution in [0.4, 0.5) is 15.8 Å². The van der Waals surface area contributed by atoms with E-state index in [2.05, 4.69) is 5.32 Å². The Balaban J connectivity index is 1.70. The number of fused-ring (bicyclic) bond motifs is 1. The normalized spacial score (nSPS) is 12.7. The fourth-order valence-corrected chi connectivity index (χ4v) is 2.53. The number of hydrogen-bond acceptors (Lipinski definition) is 6. The Morgan fingerprint density at radius 3 is 2.59 bits per heavy atom. The molecule has 0 atom stereocenters. The van der Waals surface area contributed by atoms with Crippen molar-refractivity contribution in [3.05, 3.63) is 63.5 Å². The molecule has 3 rings (SSSR count). The minimum Gasteiger partial charge on any atom is -0.477 e. The van der Waals surface area contributed by atoms with Gasteiger partial charge in [0.1, 0.15) is 5.82 Å². The van der Waals surface area contributed by atoms with Gasteiger partial charge in [-0.3, -0.25) is 29.4 Å². The number of ether oxygens (including phenoxy) is 1. The highest BCUT2D eigenvalue weighted by atomic mass is 19.1. The number of nitrogens with zero attached hydrogens (tertiary/aromatic N) is 2. The predicted octanol–water partition coefficient (Wildman–Crippen LogP) is 1.98. The summed E-state index contributed by atoms with van der Waals surface area (Å²) < 4.78 is 18.3. The van der Waals surface area contributed by atoms with E-state index in [1.165, 1.54) is 25.2 Å². The molecule has 1 heterocycles. The molecule has 0 fully saturated rings. The largest absolute Gasteiger partial charge is 0.477 e. The van der Waals surface area contributed by atoms with Crippen molar-refractivity contribution in [1.82, 2.24) is 4.90 Å². The van der Waals surface area contributed by atoms with Gasteiger partial charge in [-0.2, -0.15) is 0 Å². The van der Waals surface area contributed by atoms with Crippen LogP contribution in [0.2, 0.25) is 0 Å². The molecule has 27 heavy (non-hydrogen) atoms. The van der Waals surface area contributed by atoms with E-state index < -0.39 is 40.8 Å². The van der Waals surface area contributed by atoms with Crippen molar-refractivity contribution in [1.29, 1.82) is 0 Å². The number of anilines is 1. The van der Waals surface area contributed by atoms with Crippen molar-refractivity contribution in [2.24, 2.45) is 0 Å². The molecule has 1 N–H and O–H groups in total. The number of imide groups is 1. The van der Waals surface area contributed by atoms with Crippen LogP contribution in [0.5, 0.6) is 5.75 Å². The molecular weight excluding hydrogens is 361 g/mol. The van der Waals surface area contributed by atoms with Crippen LogP contribution in [0.1, 0.15) is 20.7 Å². The molecule has 2 aromatic rings. The molecule has 0 aromatic heterocycles. The maximum atomic E-state index is 13.2. The van der Waals surface area contributed by atoms with Gasteiger partial charge in [-0.1, -0.05) is 0 Å². The Hall–Kier alpha value is -3.82. The van der Waals surface area contributed by atoms with Gasteiger partial charge in [-0.05, 0) is 24.3 Å². The van der Waals surface area contributed by atoms with Crippen LogP contribution >= 0.6 is 0 Å². The average Bonchev–Trinajstić information content (AvgIpc) is 2.84. The monoisotopic (exact) mass is 373 g/mol. The number of hydrogen-bond donors (Lipinski definition) is 1. The first-order valence-electron chi connectivity index (χ1n) is 7.61. The number of nitro groups is 1. The Bertz CT molecular complexity index is 991. The van der Waals surface area contributed by atoms with Crippen LogP contribution in [0.25, 0.3) is 0 Å². The summed E-state index contributed by atoms with van der Waals surface area (Å²) in [5, 5.41) is 13.3. The molecule has 0 saturated heterocycles. The number of nitrogens with one attached hydrogen (secondary N) is 1. The summed E-state index contributed by atoms with van der Waals surface area (Å²) in [6.45, 7) is -0.617. The molecule has 0 spiro atoms. The Labute approximate surface area is 151 Å². The number of nitro benzene ring substituents is 1. The third-order valence-corrected chi connectivity index (χ3v) is 3.85. The van der Waals surface area contributed by atoms with E-state index in [0.717, 1.165) is 23.1 Å². The van der Waals surface area contributed by atoms with Gasteiger partial charge in [0.25, 0.3) is 17.7 Å². The average molecular weight is 373 g/mol.